The fourth-order valence-corrected chi connectivity index (χ4v) is 5.25. The maximum Gasteiger partial charge on any atom is 0.404 e. The zero-order valence-electron chi connectivity index (χ0n) is 17.1. The van der Waals surface area contributed by atoms with Gasteiger partial charge in [0, 0.05) is 29.8 Å². The van der Waals surface area contributed by atoms with Crippen LogP contribution in [0.4, 0.5) is 9.18 Å². The van der Waals surface area contributed by atoms with Crippen molar-refractivity contribution in [3.05, 3.63) is 60.2 Å². The van der Waals surface area contributed by atoms with Gasteiger partial charge in [-0.25, -0.2) is 9.18 Å². The van der Waals surface area contributed by atoms with Gasteiger partial charge in [-0.1, -0.05) is 24.3 Å². The topological polar surface area (TPSA) is 91.3 Å². The molecule has 7 heteroatoms. The molecule has 0 radical (unpaired) electrons. The molecule has 0 spiro atoms. The number of carbonyl (C=O) groups excluding carboxylic acids is 1. The number of carbonyl (C=O) groups is 2. The van der Waals surface area contributed by atoms with Crippen LogP contribution < -0.4 is 10.6 Å². The van der Waals surface area contributed by atoms with Crippen molar-refractivity contribution in [3.63, 3.8) is 0 Å². The predicted molar refractivity (Wildman–Crippen MR) is 116 cm³/mol. The molecule has 2 aliphatic rings. The van der Waals surface area contributed by atoms with Crippen LogP contribution in [0, 0.1) is 23.6 Å². The first-order chi connectivity index (χ1) is 15.0. The van der Waals surface area contributed by atoms with E-state index in [1.165, 1.54) is 12.1 Å². The minimum absolute atomic E-state index is 0.0182. The quantitative estimate of drug-likeness (QED) is 0.611. The number of nitrogens with zero attached hydrogens (tertiary/aromatic N) is 1. The summed E-state index contributed by atoms with van der Waals surface area (Å²) in [6.07, 6.45) is 9.00. The van der Waals surface area contributed by atoms with Gasteiger partial charge in [-0.3, -0.25) is 9.78 Å². The van der Waals surface area contributed by atoms with Gasteiger partial charge in [0.15, 0.2) is 0 Å². The highest BCUT2D eigenvalue weighted by molar-refractivity contribution is 5.65. The molecular weight excluding hydrogens is 397 g/mol. The number of fused-ring (bicyclic) bond motifs is 1. The van der Waals surface area contributed by atoms with Crippen molar-refractivity contribution >= 4 is 18.6 Å². The number of hydrogen-bond donors (Lipinski definition) is 3. The molecular formula is C24H26FN3O3. The summed E-state index contributed by atoms with van der Waals surface area (Å²) >= 11 is 0. The summed E-state index contributed by atoms with van der Waals surface area (Å²) in [6, 6.07) is 10.3. The van der Waals surface area contributed by atoms with Crippen LogP contribution >= 0.6 is 0 Å². The number of halogens is 1. The largest absolute Gasteiger partial charge is 0.465 e. The first-order valence-electron chi connectivity index (χ1n) is 10.6. The van der Waals surface area contributed by atoms with Crippen LogP contribution in [-0.2, 0) is 4.79 Å². The van der Waals surface area contributed by atoms with Gasteiger partial charge in [0.25, 0.3) is 0 Å². The number of rotatable bonds is 6. The second-order valence-electron chi connectivity index (χ2n) is 8.43. The van der Waals surface area contributed by atoms with E-state index in [4.69, 9.17) is 5.11 Å². The monoisotopic (exact) mass is 423 g/mol. The molecule has 2 aliphatic carbocycles. The summed E-state index contributed by atoms with van der Waals surface area (Å²) in [5.41, 5.74) is 2.43. The molecule has 0 bridgehead atoms. The summed E-state index contributed by atoms with van der Waals surface area (Å²) in [4.78, 5) is 26.6. The lowest BCUT2D eigenvalue weighted by atomic mass is 9.75. The summed E-state index contributed by atoms with van der Waals surface area (Å²) < 4.78 is 13.5. The Hall–Kier alpha value is -3.22. The Morgan fingerprint density at radius 2 is 2.03 bits per heavy atom. The molecule has 0 aliphatic heterocycles. The lowest BCUT2D eigenvalue weighted by Gasteiger charge is -2.33. The average molecular weight is 423 g/mol. The number of benzene rings is 1. The highest BCUT2D eigenvalue weighted by Gasteiger charge is 2.44. The molecule has 4 rings (SSSR count). The fraction of sp³-hybridized carbons (Fsp3) is 0.375. The third kappa shape index (κ3) is 4.93. The molecule has 1 aromatic carbocycles. The van der Waals surface area contributed by atoms with E-state index in [2.05, 4.69) is 21.7 Å². The van der Waals surface area contributed by atoms with Crippen molar-refractivity contribution in [2.45, 2.75) is 37.8 Å². The molecule has 3 N–H and O–H groups in total. The molecule has 31 heavy (non-hydrogen) atoms. The molecule has 1 heterocycles. The van der Waals surface area contributed by atoms with E-state index < -0.39 is 6.09 Å². The second kappa shape index (κ2) is 9.29. The number of carboxylic acid groups (broad SMARTS) is 1. The van der Waals surface area contributed by atoms with Crippen LogP contribution in [0.1, 0.15) is 31.4 Å². The lowest BCUT2D eigenvalue weighted by molar-refractivity contribution is -0.110. The average Bonchev–Trinajstić information content (AvgIpc) is 3.09. The van der Waals surface area contributed by atoms with E-state index in [-0.39, 0.29) is 23.8 Å². The Balaban J connectivity index is 1.46. The van der Waals surface area contributed by atoms with Gasteiger partial charge < -0.3 is 15.7 Å². The van der Waals surface area contributed by atoms with Gasteiger partial charge in [-0.15, -0.1) is 0 Å². The van der Waals surface area contributed by atoms with Gasteiger partial charge in [-0.2, -0.15) is 0 Å². The van der Waals surface area contributed by atoms with Gasteiger partial charge in [0.1, 0.15) is 5.82 Å². The molecule has 2 aromatic rings. The van der Waals surface area contributed by atoms with E-state index >= 15 is 0 Å². The van der Waals surface area contributed by atoms with E-state index in [0.717, 1.165) is 48.9 Å². The van der Waals surface area contributed by atoms with E-state index in [1.54, 1.807) is 12.3 Å². The molecule has 2 saturated carbocycles. The van der Waals surface area contributed by atoms with Crippen molar-refractivity contribution in [1.29, 1.82) is 0 Å². The van der Waals surface area contributed by atoms with E-state index in [1.807, 2.05) is 24.3 Å². The molecule has 2 fully saturated rings. The molecule has 1 unspecified atom stereocenters. The van der Waals surface area contributed by atoms with Gasteiger partial charge in [0.2, 0.25) is 6.41 Å². The van der Waals surface area contributed by atoms with Gasteiger partial charge in [-0.05, 0) is 67.4 Å². The Labute approximate surface area is 180 Å². The van der Waals surface area contributed by atoms with Crippen LogP contribution in [0.3, 0.4) is 0 Å². The van der Waals surface area contributed by atoms with Crippen molar-refractivity contribution < 1.29 is 19.1 Å². The zero-order chi connectivity index (χ0) is 21.8. The minimum Gasteiger partial charge on any atom is -0.465 e. The van der Waals surface area contributed by atoms with Crippen LogP contribution in [0.5, 0.6) is 0 Å². The smallest absolute Gasteiger partial charge is 0.404 e. The minimum atomic E-state index is -0.978. The highest BCUT2D eigenvalue weighted by Crippen LogP contribution is 2.46. The first-order valence-corrected chi connectivity index (χ1v) is 10.6. The Bertz CT molecular complexity index is 963. The van der Waals surface area contributed by atoms with Gasteiger partial charge >= 0.3 is 6.09 Å². The Morgan fingerprint density at radius 3 is 2.74 bits per heavy atom. The van der Waals surface area contributed by atoms with Crippen LogP contribution in [0.25, 0.3) is 17.2 Å². The summed E-state index contributed by atoms with van der Waals surface area (Å²) in [5.74, 6) is 0.693. The van der Waals surface area contributed by atoms with Crippen molar-refractivity contribution in [2.24, 2.45) is 17.8 Å². The van der Waals surface area contributed by atoms with Crippen LogP contribution in [0.15, 0.2) is 48.7 Å². The number of nitrogens with one attached hydrogen (secondary N) is 2. The molecule has 162 valence electrons. The van der Waals surface area contributed by atoms with Crippen LogP contribution in [0.2, 0.25) is 0 Å². The van der Waals surface area contributed by atoms with Crippen molar-refractivity contribution in [3.8, 4) is 11.1 Å². The highest BCUT2D eigenvalue weighted by atomic mass is 19.1. The third-order valence-corrected chi connectivity index (χ3v) is 6.60. The van der Waals surface area contributed by atoms with E-state index in [9.17, 15) is 14.0 Å². The third-order valence-electron chi connectivity index (χ3n) is 6.60. The number of aromatic nitrogens is 1. The van der Waals surface area contributed by atoms with Crippen LogP contribution in [-0.4, -0.2) is 34.7 Å². The fourth-order valence-electron chi connectivity index (χ4n) is 5.25. The first kappa shape index (κ1) is 21.0. The number of pyridine rings is 1. The molecule has 5 atom stereocenters. The molecule has 0 saturated heterocycles. The number of amides is 2. The Morgan fingerprint density at radius 1 is 1.16 bits per heavy atom. The SMILES string of the molecule is O=CN[C@H]1C[C@H]2CC(NC(=O)O)CC[C@H]2[C@@H]1/C=C/c1ccc(-c2cccc(F)c2)cn1. The standard InChI is InChI=1S/C24H26FN3O3/c25-18-3-1-2-15(10-18)16-4-5-19(26-13-16)6-9-22-21-8-7-20(28-24(30)31)11-17(21)12-23(22)27-14-29/h1-6,9-10,13-14,17,20-23,28H,7-8,11-12H2,(H,27,29)(H,30,31)/b9-6+/t17-,20?,21-,22+,23+/m1/s1. The summed E-state index contributed by atoms with van der Waals surface area (Å²) in [5, 5.41) is 14.6. The zero-order valence-corrected chi connectivity index (χ0v) is 17.1. The summed E-state index contributed by atoms with van der Waals surface area (Å²) in [6.45, 7) is 0. The van der Waals surface area contributed by atoms with Crippen molar-refractivity contribution in [2.75, 3.05) is 0 Å². The summed E-state index contributed by atoms with van der Waals surface area (Å²) in [7, 11) is 0. The molecule has 2 amide bonds. The van der Waals surface area contributed by atoms with E-state index in [0.29, 0.717) is 11.8 Å². The normalized spacial score (nSPS) is 27.6. The molecule has 1 aromatic heterocycles. The lowest BCUT2D eigenvalue weighted by Crippen LogP contribution is -2.39. The second-order valence-corrected chi connectivity index (χ2v) is 8.43. The van der Waals surface area contributed by atoms with Gasteiger partial charge in [0.05, 0.1) is 5.69 Å². The maximum atomic E-state index is 13.5. The van der Waals surface area contributed by atoms with Crippen molar-refractivity contribution in [1.82, 2.24) is 15.6 Å². The Kier molecular flexibility index (Phi) is 6.30. The number of hydrogen-bond acceptors (Lipinski definition) is 3. The predicted octanol–water partition coefficient (Wildman–Crippen LogP) is 4.09. The molecule has 6 nitrogen and oxygen atoms in total. The maximum absolute atomic E-state index is 13.5.